The Morgan fingerprint density at radius 3 is 2.67 bits per heavy atom. The van der Waals surface area contributed by atoms with Crippen molar-refractivity contribution in [3.05, 3.63) is 0 Å². The maximum atomic E-state index is 6.33. The van der Waals surface area contributed by atoms with Gasteiger partial charge in [0.15, 0.2) is 0 Å². The van der Waals surface area contributed by atoms with Gasteiger partial charge in [0.25, 0.3) is 0 Å². The standard InChI is InChI=1S/C19H35NO/c1-13(16-5-4-6-17(16)20)11-14-7-8-18-15(12-14)9-10-19(2,3)21-18/h13-18H,4-12,20H2,1-3H3. The fourth-order valence-electron chi connectivity index (χ4n) is 5.43. The monoisotopic (exact) mass is 293 g/mol. The zero-order valence-electron chi connectivity index (χ0n) is 14.3. The van der Waals surface area contributed by atoms with Gasteiger partial charge in [0.1, 0.15) is 0 Å². The van der Waals surface area contributed by atoms with Gasteiger partial charge in [0.2, 0.25) is 0 Å². The maximum absolute atomic E-state index is 6.33. The van der Waals surface area contributed by atoms with E-state index in [9.17, 15) is 0 Å². The van der Waals surface area contributed by atoms with E-state index >= 15 is 0 Å². The van der Waals surface area contributed by atoms with E-state index in [4.69, 9.17) is 10.5 Å². The summed E-state index contributed by atoms with van der Waals surface area (Å²) in [5.41, 5.74) is 6.42. The highest BCUT2D eigenvalue weighted by atomic mass is 16.5. The second-order valence-electron chi connectivity index (χ2n) is 8.87. The molecular formula is C19H35NO. The van der Waals surface area contributed by atoms with E-state index < -0.39 is 0 Å². The minimum atomic E-state index is 0.123. The highest BCUT2D eigenvalue weighted by Crippen LogP contribution is 2.44. The van der Waals surface area contributed by atoms with Crippen molar-refractivity contribution >= 4 is 0 Å². The van der Waals surface area contributed by atoms with E-state index in [1.54, 1.807) is 0 Å². The van der Waals surface area contributed by atoms with Crippen LogP contribution in [-0.2, 0) is 4.74 Å². The molecule has 2 nitrogen and oxygen atoms in total. The van der Waals surface area contributed by atoms with Gasteiger partial charge >= 0.3 is 0 Å². The van der Waals surface area contributed by atoms with Crippen LogP contribution >= 0.6 is 0 Å². The van der Waals surface area contributed by atoms with Crippen LogP contribution in [-0.4, -0.2) is 17.7 Å². The van der Waals surface area contributed by atoms with Gasteiger partial charge in [-0.05, 0) is 88.9 Å². The lowest BCUT2D eigenvalue weighted by Gasteiger charge is -2.46. The van der Waals surface area contributed by atoms with Crippen LogP contribution in [0.1, 0.15) is 78.6 Å². The van der Waals surface area contributed by atoms with Crippen molar-refractivity contribution < 1.29 is 4.74 Å². The first-order valence-electron chi connectivity index (χ1n) is 9.38. The molecule has 3 fully saturated rings. The molecule has 2 heteroatoms. The summed E-state index contributed by atoms with van der Waals surface area (Å²) in [6, 6.07) is 0.482. The molecule has 0 aromatic heterocycles. The molecule has 0 aromatic carbocycles. The molecule has 0 bridgehead atoms. The largest absolute Gasteiger partial charge is 0.372 e. The van der Waals surface area contributed by atoms with Gasteiger partial charge in [-0.2, -0.15) is 0 Å². The first-order chi connectivity index (χ1) is 9.94. The van der Waals surface area contributed by atoms with Gasteiger partial charge in [0.05, 0.1) is 11.7 Å². The lowest BCUT2D eigenvalue weighted by atomic mass is 9.70. The number of ether oxygens (including phenoxy) is 1. The quantitative estimate of drug-likeness (QED) is 0.830. The van der Waals surface area contributed by atoms with Gasteiger partial charge in [-0.15, -0.1) is 0 Å². The minimum Gasteiger partial charge on any atom is -0.372 e. The van der Waals surface area contributed by atoms with Crippen molar-refractivity contribution in [1.82, 2.24) is 0 Å². The average Bonchev–Trinajstić information content (AvgIpc) is 2.84. The van der Waals surface area contributed by atoms with Crippen LogP contribution in [0.15, 0.2) is 0 Å². The molecule has 1 aliphatic heterocycles. The normalized spacial score (nSPS) is 44.3. The molecule has 6 atom stereocenters. The molecule has 1 heterocycles. The van der Waals surface area contributed by atoms with Gasteiger partial charge in [-0.3, -0.25) is 0 Å². The van der Waals surface area contributed by atoms with E-state index in [-0.39, 0.29) is 5.60 Å². The zero-order chi connectivity index (χ0) is 15.0. The van der Waals surface area contributed by atoms with E-state index in [2.05, 4.69) is 20.8 Å². The Bertz CT molecular complexity index is 353. The third-order valence-corrected chi connectivity index (χ3v) is 6.67. The van der Waals surface area contributed by atoms with Gasteiger partial charge in [-0.25, -0.2) is 0 Å². The van der Waals surface area contributed by atoms with Crippen LogP contribution in [0, 0.1) is 23.7 Å². The fourth-order valence-corrected chi connectivity index (χ4v) is 5.43. The number of fused-ring (bicyclic) bond motifs is 1. The fraction of sp³-hybridized carbons (Fsp3) is 1.00. The second-order valence-corrected chi connectivity index (χ2v) is 8.87. The summed E-state index contributed by atoms with van der Waals surface area (Å²) >= 11 is 0. The number of hydrogen-bond donors (Lipinski definition) is 1. The Hall–Kier alpha value is -0.0800. The van der Waals surface area contributed by atoms with Crippen molar-refractivity contribution in [2.45, 2.75) is 96.3 Å². The topological polar surface area (TPSA) is 35.2 Å². The summed E-state index contributed by atoms with van der Waals surface area (Å²) in [4.78, 5) is 0. The molecule has 2 N–H and O–H groups in total. The molecule has 0 spiro atoms. The number of rotatable bonds is 3. The Labute approximate surface area is 131 Å². The molecule has 122 valence electrons. The zero-order valence-corrected chi connectivity index (χ0v) is 14.3. The predicted molar refractivity (Wildman–Crippen MR) is 88.1 cm³/mol. The van der Waals surface area contributed by atoms with Crippen LogP contribution in [0.3, 0.4) is 0 Å². The molecule has 0 radical (unpaired) electrons. The first-order valence-corrected chi connectivity index (χ1v) is 9.38. The predicted octanol–water partition coefficient (Wildman–Crippen LogP) is 4.51. The molecule has 2 saturated carbocycles. The van der Waals surface area contributed by atoms with Crippen molar-refractivity contribution in [3.8, 4) is 0 Å². The van der Waals surface area contributed by atoms with Crippen molar-refractivity contribution in [2.75, 3.05) is 0 Å². The molecule has 2 aliphatic carbocycles. The van der Waals surface area contributed by atoms with Crippen LogP contribution in [0.2, 0.25) is 0 Å². The molecule has 21 heavy (non-hydrogen) atoms. The van der Waals surface area contributed by atoms with E-state index in [1.807, 2.05) is 0 Å². The third kappa shape index (κ3) is 3.64. The van der Waals surface area contributed by atoms with Crippen molar-refractivity contribution in [2.24, 2.45) is 29.4 Å². The van der Waals surface area contributed by atoms with Crippen molar-refractivity contribution in [1.29, 1.82) is 0 Å². The molecule has 0 amide bonds. The summed E-state index contributed by atoms with van der Waals surface area (Å²) < 4.78 is 6.33. The highest BCUT2D eigenvalue weighted by molar-refractivity contribution is 4.91. The summed E-state index contributed by atoms with van der Waals surface area (Å²) in [5, 5.41) is 0. The Morgan fingerprint density at radius 2 is 1.95 bits per heavy atom. The molecule has 6 unspecified atom stereocenters. The summed E-state index contributed by atoms with van der Waals surface area (Å²) in [6.07, 6.45) is 12.6. The van der Waals surface area contributed by atoms with E-state index in [0.717, 1.165) is 23.7 Å². The summed E-state index contributed by atoms with van der Waals surface area (Å²) in [6.45, 7) is 6.99. The summed E-state index contributed by atoms with van der Waals surface area (Å²) in [5.74, 6) is 3.38. The van der Waals surface area contributed by atoms with Gasteiger partial charge in [-0.1, -0.05) is 13.3 Å². The second kappa shape index (κ2) is 6.20. The van der Waals surface area contributed by atoms with Gasteiger partial charge < -0.3 is 10.5 Å². The Balaban J connectivity index is 1.50. The number of nitrogens with two attached hydrogens (primary N) is 1. The molecule has 3 rings (SSSR count). The van der Waals surface area contributed by atoms with Crippen molar-refractivity contribution in [3.63, 3.8) is 0 Å². The molecular weight excluding hydrogens is 258 g/mol. The van der Waals surface area contributed by atoms with Crippen LogP contribution < -0.4 is 5.73 Å². The van der Waals surface area contributed by atoms with E-state index in [0.29, 0.717) is 12.1 Å². The lowest BCUT2D eigenvalue weighted by molar-refractivity contribution is -0.152. The summed E-state index contributed by atoms with van der Waals surface area (Å²) in [7, 11) is 0. The molecule has 1 saturated heterocycles. The van der Waals surface area contributed by atoms with Gasteiger partial charge in [0, 0.05) is 6.04 Å². The maximum Gasteiger partial charge on any atom is 0.0630 e. The van der Waals surface area contributed by atoms with Crippen LogP contribution in [0.4, 0.5) is 0 Å². The van der Waals surface area contributed by atoms with Crippen LogP contribution in [0.25, 0.3) is 0 Å². The third-order valence-electron chi connectivity index (χ3n) is 6.67. The molecule has 0 aromatic rings. The Morgan fingerprint density at radius 1 is 1.14 bits per heavy atom. The highest BCUT2D eigenvalue weighted by Gasteiger charge is 2.40. The SMILES string of the molecule is CC(CC1CCC2OC(C)(C)CCC2C1)C1CCCC1N. The molecule has 3 aliphatic rings. The average molecular weight is 293 g/mol. The van der Waals surface area contributed by atoms with E-state index in [1.165, 1.54) is 57.8 Å². The number of hydrogen-bond acceptors (Lipinski definition) is 2. The van der Waals surface area contributed by atoms with Crippen LogP contribution in [0.5, 0.6) is 0 Å². The lowest BCUT2D eigenvalue weighted by Crippen LogP contribution is -2.44. The Kier molecular flexibility index (Phi) is 4.66. The first kappa shape index (κ1) is 15.8. The smallest absolute Gasteiger partial charge is 0.0630 e. The minimum absolute atomic E-state index is 0.123.